The first kappa shape index (κ1) is 9.83. The minimum Gasteiger partial charge on any atom is -0.281 e. The molecule has 2 rings (SSSR count). The number of carbonyl (C=O) groups is 1. The fourth-order valence-corrected chi connectivity index (χ4v) is 1.62. The van der Waals surface area contributed by atoms with E-state index in [0.29, 0.717) is 6.67 Å². The molecule has 1 aromatic rings. The largest absolute Gasteiger partial charge is 0.414 e. The number of allylic oxidation sites excluding steroid dienone is 1. The second kappa shape index (κ2) is 4.21. The topological polar surface area (TPSA) is 37.9 Å². The molecule has 15 heavy (non-hydrogen) atoms. The third kappa shape index (κ3) is 2.21. The van der Waals surface area contributed by atoms with E-state index in [2.05, 4.69) is 11.9 Å². The molecule has 0 spiro atoms. The fraction of sp³-hybridized carbons (Fsp3) is 0.364. The van der Waals surface area contributed by atoms with Crippen molar-refractivity contribution in [2.45, 2.75) is 26.4 Å². The van der Waals surface area contributed by atoms with Crippen molar-refractivity contribution in [2.24, 2.45) is 0 Å². The van der Waals surface area contributed by atoms with Gasteiger partial charge in [0, 0.05) is 18.0 Å². The Kier molecular flexibility index (Phi) is 2.76. The average molecular weight is 204 g/mol. The monoisotopic (exact) mass is 204 g/mol. The minimum atomic E-state index is 0.0622. The molecule has 0 radical (unpaired) electrons. The van der Waals surface area contributed by atoms with Gasteiger partial charge in [0.2, 0.25) is 6.67 Å². The quantitative estimate of drug-likeness (QED) is 0.691. The van der Waals surface area contributed by atoms with Gasteiger partial charge in [-0.2, -0.15) is 0 Å². The number of hydrogen-bond donors (Lipinski definition) is 0. The molecule has 0 fully saturated rings. The van der Waals surface area contributed by atoms with Crippen LogP contribution in [-0.2, 0) is 11.5 Å². The first-order valence-electron chi connectivity index (χ1n) is 5.11. The summed E-state index contributed by atoms with van der Waals surface area (Å²) < 4.78 is 3.57. The van der Waals surface area contributed by atoms with Crippen LogP contribution in [0, 0.1) is 0 Å². The van der Waals surface area contributed by atoms with Gasteiger partial charge in [-0.3, -0.25) is 4.57 Å². The van der Waals surface area contributed by atoms with E-state index in [-0.39, 0.29) is 5.91 Å². The molecule has 0 bridgehead atoms. The van der Waals surface area contributed by atoms with Crippen molar-refractivity contribution in [1.82, 2.24) is 9.55 Å². The Balaban J connectivity index is 2.06. The second-order valence-corrected chi connectivity index (χ2v) is 3.62. The summed E-state index contributed by atoms with van der Waals surface area (Å²) in [4.78, 5) is 15.5. The van der Waals surface area contributed by atoms with Gasteiger partial charge in [-0.25, -0.2) is 9.78 Å². The van der Waals surface area contributed by atoms with E-state index < -0.39 is 0 Å². The zero-order valence-corrected chi connectivity index (χ0v) is 8.76. The third-order valence-electron chi connectivity index (χ3n) is 2.33. The maximum absolute atomic E-state index is 11.6. The van der Waals surface area contributed by atoms with Crippen molar-refractivity contribution < 1.29 is 9.37 Å². The smallest absolute Gasteiger partial charge is 0.281 e. The fourth-order valence-electron chi connectivity index (χ4n) is 1.62. The van der Waals surface area contributed by atoms with Crippen molar-refractivity contribution in [3.63, 3.8) is 0 Å². The van der Waals surface area contributed by atoms with Crippen molar-refractivity contribution in [3.05, 3.63) is 30.4 Å². The highest BCUT2D eigenvalue weighted by molar-refractivity contribution is 5.96. The molecule has 4 heteroatoms. The van der Waals surface area contributed by atoms with Gasteiger partial charge in [0.1, 0.15) is 0 Å². The third-order valence-corrected chi connectivity index (χ3v) is 2.33. The molecule has 1 aromatic heterocycles. The zero-order chi connectivity index (χ0) is 10.7. The summed E-state index contributed by atoms with van der Waals surface area (Å²) in [7, 11) is 0. The van der Waals surface area contributed by atoms with Gasteiger partial charge in [0.15, 0.2) is 6.21 Å². The Morgan fingerprint density at radius 3 is 3.07 bits per heavy atom. The van der Waals surface area contributed by atoms with Crippen LogP contribution in [0.15, 0.2) is 30.4 Å². The molecule has 1 aliphatic rings. The van der Waals surface area contributed by atoms with Gasteiger partial charge in [-0.1, -0.05) is 13.3 Å². The van der Waals surface area contributed by atoms with Crippen LogP contribution in [0.5, 0.6) is 0 Å². The Hall–Kier alpha value is -1.71. The number of hydrogen-bond acceptors (Lipinski definition) is 2. The normalized spacial score (nSPS) is 15.4. The molecule has 4 nitrogen and oxygen atoms in total. The molecule has 0 saturated carbocycles. The molecular formula is C11H14N3O+. The summed E-state index contributed by atoms with van der Waals surface area (Å²) in [5.74, 6) is 0.0622. The van der Waals surface area contributed by atoms with Crippen molar-refractivity contribution in [1.29, 1.82) is 0 Å². The summed E-state index contributed by atoms with van der Waals surface area (Å²) in [5, 5.41) is 0. The number of nitrogens with zero attached hydrogens (tertiary/aromatic N) is 3. The SMILES string of the molecule is CCCC1=CC(=O)[N+](Cn2ccnc2)=C1. The van der Waals surface area contributed by atoms with E-state index in [4.69, 9.17) is 0 Å². The van der Waals surface area contributed by atoms with Gasteiger partial charge in [0.05, 0.1) is 12.4 Å². The number of rotatable bonds is 4. The van der Waals surface area contributed by atoms with Crippen LogP contribution in [0.3, 0.4) is 0 Å². The van der Waals surface area contributed by atoms with Gasteiger partial charge in [-0.15, -0.1) is 4.58 Å². The summed E-state index contributed by atoms with van der Waals surface area (Å²) in [6, 6.07) is 0. The lowest BCUT2D eigenvalue weighted by Crippen LogP contribution is -2.18. The Bertz CT molecular complexity index is 415. The predicted octanol–water partition coefficient (Wildman–Crippen LogP) is 1.19. The molecule has 0 aromatic carbocycles. The van der Waals surface area contributed by atoms with Crippen LogP contribution in [-0.4, -0.2) is 26.2 Å². The summed E-state index contributed by atoms with van der Waals surface area (Å²) in [6.45, 7) is 2.65. The van der Waals surface area contributed by atoms with Crippen LogP contribution in [0.1, 0.15) is 19.8 Å². The van der Waals surface area contributed by atoms with Crippen LogP contribution < -0.4 is 0 Å². The van der Waals surface area contributed by atoms with Crippen LogP contribution in [0.4, 0.5) is 0 Å². The van der Waals surface area contributed by atoms with E-state index in [1.165, 1.54) is 0 Å². The number of amides is 1. The van der Waals surface area contributed by atoms with Crippen molar-refractivity contribution >= 4 is 12.1 Å². The molecule has 78 valence electrons. The minimum absolute atomic E-state index is 0.0622. The van der Waals surface area contributed by atoms with E-state index in [1.54, 1.807) is 23.2 Å². The first-order chi connectivity index (χ1) is 7.29. The highest BCUT2D eigenvalue weighted by Gasteiger charge is 2.22. The maximum atomic E-state index is 11.6. The summed E-state index contributed by atoms with van der Waals surface area (Å²) >= 11 is 0. The first-order valence-corrected chi connectivity index (χ1v) is 5.11. The van der Waals surface area contributed by atoms with Crippen LogP contribution >= 0.6 is 0 Å². The van der Waals surface area contributed by atoms with Crippen molar-refractivity contribution in [2.75, 3.05) is 0 Å². The Morgan fingerprint density at radius 2 is 2.40 bits per heavy atom. The number of imidazole rings is 1. The number of aromatic nitrogens is 2. The highest BCUT2D eigenvalue weighted by atomic mass is 16.2. The van der Waals surface area contributed by atoms with Gasteiger partial charge < -0.3 is 0 Å². The molecule has 0 atom stereocenters. The van der Waals surface area contributed by atoms with E-state index in [1.807, 2.05) is 17.0 Å². The second-order valence-electron chi connectivity index (χ2n) is 3.62. The summed E-state index contributed by atoms with van der Waals surface area (Å²) in [5.41, 5.74) is 1.11. The lowest BCUT2D eigenvalue weighted by Gasteiger charge is -1.95. The maximum Gasteiger partial charge on any atom is 0.414 e. The lowest BCUT2D eigenvalue weighted by atomic mass is 10.2. The Labute approximate surface area is 88.6 Å². The van der Waals surface area contributed by atoms with Gasteiger partial charge >= 0.3 is 5.91 Å². The predicted molar refractivity (Wildman–Crippen MR) is 56.5 cm³/mol. The molecule has 0 aliphatic carbocycles. The number of carbonyl (C=O) groups excluding carboxylic acids is 1. The van der Waals surface area contributed by atoms with Gasteiger partial charge in [-0.05, 0) is 6.42 Å². The lowest BCUT2D eigenvalue weighted by molar-refractivity contribution is -0.469. The molecule has 2 heterocycles. The Morgan fingerprint density at radius 1 is 1.53 bits per heavy atom. The van der Waals surface area contributed by atoms with Crippen LogP contribution in [0.2, 0.25) is 0 Å². The molecular weight excluding hydrogens is 190 g/mol. The van der Waals surface area contributed by atoms with Crippen molar-refractivity contribution in [3.8, 4) is 0 Å². The van der Waals surface area contributed by atoms with E-state index >= 15 is 0 Å². The molecule has 1 aliphatic heterocycles. The molecule has 0 unspecified atom stereocenters. The van der Waals surface area contributed by atoms with E-state index in [0.717, 1.165) is 18.4 Å². The molecule has 0 N–H and O–H groups in total. The average Bonchev–Trinajstić information content (AvgIpc) is 2.79. The summed E-state index contributed by atoms with van der Waals surface area (Å²) in [6.07, 6.45) is 10.9. The highest BCUT2D eigenvalue weighted by Crippen LogP contribution is 2.08. The molecule has 1 amide bonds. The zero-order valence-electron chi connectivity index (χ0n) is 8.76. The van der Waals surface area contributed by atoms with Crippen LogP contribution in [0.25, 0.3) is 0 Å². The molecule has 0 saturated heterocycles. The van der Waals surface area contributed by atoms with E-state index in [9.17, 15) is 4.79 Å². The van der Waals surface area contributed by atoms with Gasteiger partial charge in [0.25, 0.3) is 0 Å². The standard InChI is InChI=1S/C11H14N3O/c1-2-3-10-6-11(15)14(7-10)9-13-5-4-12-8-13/h4-8H,2-3,9H2,1H3/q+1.